The Kier molecular flexibility index (Phi) is 41.2. The van der Waals surface area contributed by atoms with Crippen molar-refractivity contribution < 1.29 is 18.7 Å². The first-order chi connectivity index (χ1) is 22.0. The predicted molar refractivity (Wildman–Crippen MR) is 194 cm³/mol. The Hall–Kier alpha value is -1.42. The molecule has 266 valence electrons. The van der Waals surface area contributed by atoms with E-state index in [0.29, 0.717) is 12.8 Å². The van der Waals surface area contributed by atoms with Crippen LogP contribution in [0.5, 0.6) is 0 Å². The number of rotatable bonds is 33. The van der Waals surface area contributed by atoms with Gasteiger partial charge in [-0.25, -0.2) is 9.13 Å². The van der Waals surface area contributed by atoms with Crippen molar-refractivity contribution in [1.29, 1.82) is 0 Å². The van der Waals surface area contributed by atoms with Crippen molar-refractivity contribution in [1.82, 2.24) is 5.32 Å². The SMILES string of the molecule is CCCCCCCCCCCCCCCCCC(=O)NC(=O)CCCCCCCCCCCCCCCCC.NC=CP(=O)=O. The summed E-state index contributed by atoms with van der Waals surface area (Å²) in [6.07, 6.45) is 41.8. The monoisotopic (exact) mass is 655 g/mol. The number of imide groups is 1. The second-order valence-electron chi connectivity index (χ2n) is 13.0. The van der Waals surface area contributed by atoms with Gasteiger partial charge in [-0.3, -0.25) is 14.9 Å². The van der Waals surface area contributed by atoms with Gasteiger partial charge in [0.2, 0.25) is 11.8 Å². The van der Waals surface area contributed by atoms with Gasteiger partial charge in [0, 0.05) is 19.0 Å². The van der Waals surface area contributed by atoms with E-state index >= 15 is 0 Å². The number of nitrogens with one attached hydrogen (secondary N) is 1. The molecule has 0 aliphatic heterocycles. The van der Waals surface area contributed by atoms with Crippen molar-refractivity contribution >= 4 is 19.5 Å². The number of unbranched alkanes of at least 4 members (excludes halogenated alkanes) is 28. The molecule has 0 rings (SSSR count). The first kappa shape index (κ1) is 45.7. The lowest BCUT2D eigenvalue weighted by molar-refractivity contribution is -0.130. The van der Waals surface area contributed by atoms with Gasteiger partial charge in [0.25, 0.3) is 0 Å². The summed E-state index contributed by atoms with van der Waals surface area (Å²) in [5, 5.41) is 2.60. The second-order valence-corrected chi connectivity index (χ2v) is 13.9. The van der Waals surface area contributed by atoms with Crippen molar-refractivity contribution in [3.63, 3.8) is 0 Å². The molecule has 0 unspecified atom stereocenters. The van der Waals surface area contributed by atoms with Crippen LogP contribution in [0.3, 0.4) is 0 Å². The Morgan fingerprint density at radius 3 is 0.844 bits per heavy atom. The zero-order valence-electron chi connectivity index (χ0n) is 29.9. The summed E-state index contributed by atoms with van der Waals surface area (Å²) < 4.78 is 18.9. The first-order valence-corrected chi connectivity index (χ1v) is 20.6. The highest BCUT2D eigenvalue weighted by Crippen LogP contribution is 2.15. The lowest BCUT2D eigenvalue weighted by atomic mass is 10.0. The van der Waals surface area contributed by atoms with Gasteiger partial charge in [-0.05, 0) is 12.8 Å². The summed E-state index contributed by atoms with van der Waals surface area (Å²) in [5.74, 6) is 0.751. The third-order valence-corrected chi connectivity index (χ3v) is 8.92. The number of carbonyl (C=O) groups excluding carboxylic acids is 2. The van der Waals surface area contributed by atoms with E-state index in [1.54, 1.807) is 0 Å². The quantitative estimate of drug-likeness (QED) is 0.0541. The molecular weight excluding hydrogens is 579 g/mol. The highest BCUT2D eigenvalue weighted by atomic mass is 31.1. The molecule has 0 aliphatic rings. The molecule has 2 amide bonds. The van der Waals surface area contributed by atoms with Crippen LogP contribution in [-0.4, -0.2) is 11.8 Å². The van der Waals surface area contributed by atoms with Gasteiger partial charge < -0.3 is 5.73 Å². The lowest BCUT2D eigenvalue weighted by Gasteiger charge is -2.05. The minimum Gasteiger partial charge on any atom is -0.404 e. The number of hydrogen-bond donors (Lipinski definition) is 2. The number of carbonyl (C=O) groups is 2. The maximum Gasteiger partial charge on any atom is 0.342 e. The van der Waals surface area contributed by atoms with Crippen LogP contribution in [0.15, 0.2) is 12.0 Å². The van der Waals surface area contributed by atoms with Crippen LogP contribution in [0.2, 0.25) is 0 Å². The number of hydrogen-bond acceptors (Lipinski definition) is 5. The van der Waals surface area contributed by atoms with E-state index in [9.17, 15) is 18.7 Å². The summed E-state index contributed by atoms with van der Waals surface area (Å²) >= 11 is 0. The van der Waals surface area contributed by atoms with Crippen molar-refractivity contribution in [3.05, 3.63) is 12.0 Å². The Labute approximate surface area is 280 Å². The van der Waals surface area contributed by atoms with Gasteiger partial charge in [0.15, 0.2) is 0 Å². The van der Waals surface area contributed by atoms with Crippen molar-refractivity contribution in [2.45, 2.75) is 219 Å². The average molecular weight is 655 g/mol. The van der Waals surface area contributed by atoms with Crippen LogP contribution in [0.4, 0.5) is 0 Å². The van der Waals surface area contributed by atoms with Crippen molar-refractivity contribution in [3.8, 4) is 0 Å². The fourth-order valence-corrected chi connectivity index (χ4v) is 5.81. The van der Waals surface area contributed by atoms with Crippen LogP contribution >= 0.6 is 7.68 Å². The lowest BCUT2D eigenvalue weighted by Crippen LogP contribution is -2.29. The molecule has 0 saturated heterocycles. The first-order valence-electron chi connectivity index (χ1n) is 19.3. The highest BCUT2D eigenvalue weighted by molar-refractivity contribution is 7.34. The standard InChI is InChI=1S/C36H71NO2.C2H4NO2P/c1-3-5-7-9-11-13-15-17-19-21-23-25-27-29-31-33-35(38)37-36(39)34-32-30-28-26-24-22-20-18-16-14-12-10-8-6-4-2;3-1-2-6(4)5/h3-34H2,1-2H3,(H,37,38,39);1-2H,3H2. The van der Waals surface area contributed by atoms with Gasteiger partial charge >= 0.3 is 7.68 Å². The minimum absolute atomic E-state index is 0.0735. The molecular formula is C38H75N2O4P. The zero-order valence-corrected chi connectivity index (χ0v) is 30.8. The van der Waals surface area contributed by atoms with Gasteiger partial charge in [0.1, 0.15) is 0 Å². The van der Waals surface area contributed by atoms with E-state index in [-0.39, 0.29) is 11.8 Å². The van der Waals surface area contributed by atoms with E-state index in [2.05, 4.69) is 24.9 Å². The molecule has 0 bridgehead atoms. The third kappa shape index (κ3) is 44.8. The molecule has 0 aromatic heterocycles. The van der Waals surface area contributed by atoms with Crippen LogP contribution in [0.25, 0.3) is 0 Å². The number of amides is 2. The van der Waals surface area contributed by atoms with Crippen LogP contribution in [0, 0.1) is 0 Å². The topological polar surface area (TPSA) is 106 Å². The number of nitrogens with two attached hydrogens (primary N) is 1. The Morgan fingerprint density at radius 1 is 0.444 bits per heavy atom. The largest absolute Gasteiger partial charge is 0.404 e. The maximum absolute atomic E-state index is 12.0. The normalized spacial score (nSPS) is 11.0. The Morgan fingerprint density at radius 2 is 0.667 bits per heavy atom. The minimum atomic E-state index is -2.41. The van der Waals surface area contributed by atoms with Crippen LogP contribution in [0.1, 0.15) is 219 Å². The fourth-order valence-electron chi connectivity index (χ4n) is 5.66. The van der Waals surface area contributed by atoms with E-state index in [1.807, 2.05) is 0 Å². The Bertz CT molecular complexity index is 673. The van der Waals surface area contributed by atoms with Gasteiger partial charge in [-0.2, -0.15) is 0 Å². The molecule has 3 N–H and O–H groups in total. The summed E-state index contributed by atoms with van der Waals surface area (Å²) in [7, 11) is -2.41. The van der Waals surface area contributed by atoms with Gasteiger partial charge in [0.05, 0.1) is 5.82 Å². The van der Waals surface area contributed by atoms with E-state index < -0.39 is 7.68 Å². The van der Waals surface area contributed by atoms with E-state index in [4.69, 9.17) is 0 Å². The molecule has 0 aromatic carbocycles. The molecule has 0 aromatic rings. The van der Waals surface area contributed by atoms with Crippen molar-refractivity contribution in [2.75, 3.05) is 0 Å². The van der Waals surface area contributed by atoms with E-state index in [1.165, 1.54) is 167 Å². The molecule has 0 saturated carbocycles. The molecule has 0 aliphatic carbocycles. The van der Waals surface area contributed by atoms with Crippen LogP contribution in [-0.2, 0) is 18.7 Å². The predicted octanol–water partition coefficient (Wildman–Crippen LogP) is 12.7. The summed E-state index contributed by atoms with van der Waals surface area (Å²) in [4.78, 5) is 24.0. The molecule has 0 heterocycles. The summed E-state index contributed by atoms with van der Waals surface area (Å²) in [6, 6.07) is 0. The highest BCUT2D eigenvalue weighted by Gasteiger charge is 2.07. The van der Waals surface area contributed by atoms with Gasteiger partial charge in [-0.15, -0.1) is 0 Å². The second kappa shape index (κ2) is 40.6. The molecule has 0 radical (unpaired) electrons. The third-order valence-electron chi connectivity index (χ3n) is 8.50. The molecule has 7 heteroatoms. The van der Waals surface area contributed by atoms with Crippen LogP contribution < -0.4 is 11.1 Å². The molecule has 0 spiro atoms. The summed E-state index contributed by atoms with van der Waals surface area (Å²) in [5.41, 5.74) is 4.67. The van der Waals surface area contributed by atoms with E-state index in [0.717, 1.165) is 37.7 Å². The van der Waals surface area contributed by atoms with Gasteiger partial charge in [-0.1, -0.05) is 194 Å². The smallest absolute Gasteiger partial charge is 0.342 e. The zero-order chi connectivity index (χ0) is 33.5. The summed E-state index contributed by atoms with van der Waals surface area (Å²) in [6.45, 7) is 4.56. The average Bonchev–Trinajstić information content (AvgIpc) is 3.01. The maximum atomic E-state index is 12.0. The fraction of sp³-hybridized carbons (Fsp3) is 0.895. The molecule has 6 nitrogen and oxygen atoms in total. The molecule has 45 heavy (non-hydrogen) atoms. The molecule has 0 fully saturated rings. The molecule has 0 atom stereocenters. The Balaban J connectivity index is 0. The van der Waals surface area contributed by atoms with Crippen molar-refractivity contribution in [2.24, 2.45) is 5.73 Å².